The highest BCUT2D eigenvalue weighted by Gasteiger charge is 2.47. The lowest BCUT2D eigenvalue weighted by Crippen LogP contribution is -2.62. The van der Waals surface area contributed by atoms with E-state index in [1.807, 2.05) is 0 Å². The Balaban J connectivity index is 1.48. The lowest BCUT2D eigenvalue weighted by Gasteiger charge is -2.55. The second-order valence-electron chi connectivity index (χ2n) is 8.15. The molecule has 0 aromatic carbocycles. The van der Waals surface area contributed by atoms with Crippen LogP contribution in [0.15, 0.2) is 0 Å². The summed E-state index contributed by atoms with van der Waals surface area (Å²) >= 11 is 0. The van der Waals surface area contributed by atoms with Gasteiger partial charge in [-0.25, -0.2) is 0 Å². The summed E-state index contributed by atoms with van der Waals surface area (Å²) in [5, 5.41) is 10.8. The van der Waals surface area contributed by atoms with Crippen LogP contribution in [-0.4, -0.2) is 48.5 Å². The van der Waals surface area contributed by atoms with E-state index >= 15 is 0 Å². The molecule has 2 aliphatic heterocycles. The van der Waals surface area contributed by atoms with E-state index in [1.165, 1.54) is 25.9 Å². The second-order valence-corrected chi connectivity index (χ2v) is 8.15. The van der Waals surface area contributed by atoms with Crippen molar-refractivity contribution in [1.29, 1.82) is 0 Å². The summed E-state index contributed by atoms with van der Waals surface area (Å²) in [7, 11) is 0. The van der Waals surface area contributed by atoms with E-state index in [-0.39, 0.29) is 0 Å². The number of aliphatic hydroxyl groups is 1. The van der Waals surface area contributed by atoms with Crippen molar-refractivity contribution < 1.29 is 9.84 Å². The van der Waals surface area contributed by atoms with Gasteiger partial charge in [0.1, 0.15) is 0 Å². The molecule has 3 heteroatoms. The van der Waals surface area contributed by atoms with Crippen LogP contribution in [0.3, 0.4) is 0 Å². The molecule has 2 heterocycles. The smallest absolute Gasteiger partial charge is 0.0774 e. The molecule has 0 radical (unpaired) electrons. The maximum atomic E-state index is 10.8. The van der Waals surface area contributed by atoms with Crippen LogP contribution in [0.25, 0.3) is 0 Å². The Kier molecular flexibility index (Phi) is 3.43. The standard InChI is InChI=1S/C16H29NO2/c1-14(2)3-5-16(18,6-4-14)13-17-11-15(12-17)7-9-19-10-8-15/h18H,3-13H2,1-2H3. The van der Waals surface area contributed by atoms with E-state index in [1.54, 1.807) is 0 Å². The number of nitrogens with zero attached hydrogens (tertiary/aromatic N) is 1. The van der Waals surface area contributed by atoms with Crippen molar-refractivity contribution in [2.45, 2.75) is 58.0 Å². The van der Waals surface area contributed by atoms with Crippen LogP contribution in [0.1, 0.15) is 52.4 Å². The van der Waals surface area contributed by atoms with Crippen LogP contribution < -0.4 is 0 Å². The first-order valence-corrected chi connectivity index (χ1v) is 7.93. The van der Waals surface area contributed by atoms with Gasteiger partial charge in [0.15, 0.2) is 0 Å². The Labute approximate surface area is 117 Å². The number of hydrogen-bond donors (Lipinski definition) is 1. The van der Waals surface area contributed by atoms with Crippen LogP contribution in [0.2, 0.25) is 0 Å². The van der Waals surface area contributed by atoms with Gasteiger partial charge in [0, 0.05) is 38.3 Å². The van der Waals surface area contributed by atoms with E-state index in [4.69, 9.17) is 4.74 Å². The number of rotatable bonds is 2. The fourth-order valence-electron chi connectivity index (χ4n) is 4.10. The predicted octanol–water partition coefficient (Wildman–Crippen LogP) is 2.43. The van der Waals surface area contributed by atoms with Crippen molar-refractivity contribution in [3.63, 3.8) is 0 Å². The fourth-order valence-corrected chi connectivity index (χ4v) is 4.10. The Bertz CT molecular complexity index is 316. The lowest BCUT2D eigenvalue weighted by atomic mass is 9.69. The number of likely N-dealkylation sites (tertiary alicyclic amines) is 1. The first kappa shape index (κ1) is 13.8. The molecular weight excluding hydrogens is 238 g/mol. The summed E-state index contributed by atoms with van der Waals surface area (Å²) in [6, 6.07) is 0. The van der Waals surface area contributed by atoms with Crippen LogP contribution in [-0.2, 0) is 4.74 Å². The monoisotopic (exact) mass is 267 g/mol. The molecule has 0 aromatic heterocycles. The number of ether oxygens (including phenoxy) is 1. The molecule has 0 aromatic rings. The van der Waals surface area contributed by atoms with E-state index in [9.17, 15) is 5.11 Å². The Hall–Kier alpha value is -0.120. The summed E-state index contributed by atoms with van der Waals surface area (Å²) in [6.07, 6.45) is 6.72. The average molecular weight is 267 g/mol. The molecule has 0 amide bonds. The topological polar surface area (TPSA) is 32.7 Å². The van der Waals surface area contributed by atoms with Crippen molar-refractivity contribution >= 4 is 0 Å². The molecule has 1 aliphatic carbocycles. The van der Waals surface area contributed by atoms with Gasteiger partial charge in [0.25, 0.3) is 0 Å². The van der Waals surface area contributed by atoms with Crippen molar-refractivity contribution in [3.05, 3.63) is 0 Å². The highest BCUT2D eigenvalue weighted by molar-refractivity contribution is 5.00. The third-order valence-corrected chi connectivity index (χ3v) is 5.72. The molecule has 0 atom stereocenters. The molecule has 110 valence electrons. The van der Waals surface area contributed by atoms with E-state index in [0.29, 0.717) is 10.8 Å². The molecule has 3 rings (SSSR count). The van der Waals surface area contributed by atoms with Gasteiger partial charge in [-0.1, -0.05) is 13.8 Å². The second kappa shape index (κ2) is 4.71. The Morgan fingerprint density at radius 1 is 0.947 bits per heavy atom. The minimum Gasteiger partial charge on any atom is -0.389 e. The summed E-state index contributed by atoms with van der Waals surface area (Å²) in [5.41, 5.74) is 0.550. The highest BCUT2D eigenvalue weighted by atomic mass is 16.5. The third-order valence-electron chi connectivity index (χ3n) is 5.72. The first-order chi connectivity index (χ1) is 8.91. The Morgan fingerprint density at radius 3 is 2.11 bits per heavy atom. The van der Waals surface area contributed by atoms with Gasteiger partial charge in [0.2, 0.25) is 0 Å². The first-order valence-electron chi connectivity index (χ1n) is 7.93. The molecule has 19 heavy (non-hydrogen) atoms. The minimum atomic E-state index is -0.414. The van der Waals surface area contributed by atoms with Crippen molar-refractivity contribution in [3.8, 4) is 0 Å². The molecule has 3 aliphatic rings. The predicted molar refractivity (Wildman–Crippen MR) is 76.1 cm³/mol. The molecule has 1 N–H and O–H groups in total. The van der Waals surface area contributed by atoms with Gasteiger partial charge >= 0.3 is 0 Å². The van der Waals surface area contributed by atoms with Gasteiger partial charge in [-0.3, -0.25) is 4.90 Å². The fraction of sp³-hybridized carbons (Fsp3) is 1.00. The normalized spacial score (nSPS) is 33.0. The summed E-state index contributed by atoms with van der Waals surface area (Å²) in [4.78, 5) is 2.48. The van der Waals surface area contributed by atoms with Gasteiger partial charge in [0.05, 0.1) is 5.60 Å². The number of β-amino-alcohol motifs (C(OH)–C–C–N with tert-alkyl or cyclic N) is 1. The third kappa shape index (κ3) is 2.98. The van der Waals surface area contributed by atoms with E-state index in [2.05, 4.69) is 18.7 Å². The van der Waals surface area contributed by atoms with Crippen molar-refractivity contribution in [2.24, 2.45) is 10.8 Å². The van der Waals surface area contributed by atoms with Gasteiger partial charge in [-0.15, -0.1) is 0 Å². The quantitative estimate of drug-likeness (QED) is 0.834. The number of hydrogen-bond acceptors (Lipinski definition) is 3. The minimum absolute atomic E-state index is 0.414. The largest absolute Gasteiger partial charge is 0.389 e. The van der Waals surface area contributed by atoms with Gasteiger partial charge in [-0.05, 0) is 43.9 Å². The molecule has 3 nitrogen and oxygen atoms in total. The zero-order valence-corrected chi connectivity index (χ0v) is 12.6. The van der Waals surface area contributed by atoms with Gasteiger partial charge < -0.3 is 9.84 Å². The average Bonchev–Trinajstić information content (AvgIpc) is 2.33. The molecule has 0 unspecified atom stereocenters. The van der Waals surface area contributed by atoms with Crippen LogP contribution in [0.5, 0.6) is 0 Å². The Morgan fingerprint density at radius 2 is 1.53 bits per heavy atom. The van der Waals surface area contributed by atoms with E-state index in [0.717, 1.165) is 45.4 Å². The van der Waals surface area contributed by atoms with Crippen LogP contribution >= 0.6 is 0 Å². The zero-order valence-electron chi connectivity index (χ0n) is 12.6. The zero-order chi connectivity index (χ0) is 13.6. The molecule has 3 fully saturated rings. The molecular formula is C16H29NO2. The van der Waals surface area contributed by atoms with E-state index < -0.39 is 5.60 Å². The summed E-state index contributed by atoms with van der Waals surface area (Å²) < 4.78 is 5.46. The maximum absolute atomic E-state index is 10.8. The molecule has 2 saturated heterocycles. The summed E-state index contributed by atoms with van der Waals surface area (Å²) in [6.45, 7) is 9.79. The lowest BCUT2D eigenvalue weighted by molar-refractivity contribution is -0.122. The SMILES string of the molecule is CC1(C)CCC(O)(CN2CC3(CCOCC3)C2)CC1. The van der Waals surface area contributed by atoms with Crippen molar-refractivity contribution in [1.82, 2.24) is 4.90 Å². The summed E-state index contributed by atoms with van der Waals surface area (Å²) in [5.74, 6) is 0. The maximum Gasteiger partial charge on any atom is 0.0774 e. The van der Waals surface area contributed by atoms with Gasteiger partial charge in [-0.2, -0.15) is 0 Å². The van der Waals surface area contributed by atoms with Crippen molar-refractivity contribution in [2.75, 3.05) is 32.8 Å². The van der Waals surface area contributed by atoms with Crippen LogP contribution in [0.4, 0.5) is 0 Å². The highest BCUT2D eigenvalue weighted by Crippen LogP contribution is 2.44. The molecule has 0 bridgehead atoms. The molecule has 1 saturated carbocycles. The van der Waals surface area contributed by atoms with Crippen LogP contribution in [0, 0.1) is 10.8 Å². The molecule has 1 spiro atoms.